The molecular formula is C22H18ClN3O3S. The van der Waals surface area contributed by atoms with Crippen molar-refractivity contribution in [2.45, 2.75) is 19.6 Å². The van der Waals surface area contributed by atoms with Gasteiger partial charge in [0.05, 0.1) is 11.7 Å². The Balaban J connectivity index is 1.30. The van der Waals surface area contributed by atoms with Crippen LogP contribution >= 0.6 is 22.9 Å². The summed E-state index contributed by atoms with van der Waals surface area (Å²) in [7, 11) is 0. The highest BCUT2D eigenvalue weighted by atomic mass is 35.5. The zero-order valence-corrected chi connectivity index (χ0v) is 17.4. The summed E-state index contributed by atoms with van der Waals surface area (Å²) in [6.45, 7) is 0.630. The lowest BCUT2D eigenvalue weighted by molar-refractivity contribution is -0.116. The molecular weight excluding hydrogens is 422 g/mol. The molecule has 6 nitrogen and oxygen atoms in total. The van der Waals surface area contributed by atoms with Crippen LogP contribution in [0.4, 0.5) is 5.69 Å². The van der Waals surface area contributed by atoms with Gasteiger partial charge in [0.25, 0.3) is 5.56 Å². The van der Waals surface area contributed by atoms with E-state index in [9.17, 15) is 9.59 Å². The van der Waals surface area contributed by atoms with Gasteiger partial charge in [-0.25, -0.2) is 4.98 Å². The van der Waals surface area contributed by atoms with Gasteiger partial charge in [0.15, 0.2) is 0 Å². The van der Waals surface area contributed by atoms with Crippen molar-refractivity contribution >= 4 is 44.7 Å². The Morgan fingerprint density at radius 1 is 1.13 bits per heavy atom. The number of carbonyl (C=O) groups excluding carboxylic acids is 1. The third kappa shape index (κ3) is 4.69. The normalized spacial score (nSPS) is 10.8. The minimum absolute atomic E-state index is 0.130. The van der Waals surface area contributed by atoms with E-state index in [4.69, 9.17) is 16.3 Å². The number of hydrogen-bond acceptors (Lipinski definition) is 5. The minimum atomic E-state index is -0.183. The molecule has 1 N–H and O–H groups in total. The summed E-state index contributed by atoms with van der Waals surface area (Å²) < 4.78 is 7.20. The van der Waals surface area contributed by atoms with Crippen LogP contribution in [0.1, 0.15) is 12.0 Å². The van der Waals surface area contributed by atoms with E-state index < -0.39 is 0 Å². The number of aryl methyl sites for hydroxylation is 1. The van der Waals surface area contributed by atoms with Crippen molar-refractivity contribution in [3.05, 3.63) is 87.2 Å². The van der Waals surface area contributed by atoms with Crippen molar-refractivity contribution in [1.29, 1.82) is 0 Å². The van der Waals surface area contributed by atoms with E-state index >= 15 is 0 Å². The lowest BCUT2D eigenvalue weighted by Gasteiger charge is -2.10. The molecule has 0 bridgehead atoms. The molecule has 0 saturated carbocycles. The molecule has 152 valence electrons. The number of ether oxygens (including phenoxy) is 1. The molecule has 0 aliphatic carbocycles. The predicted molar refractivity (Wildman–Crippen MR) is 119 cm³/mol. The van der Waals surface area contributed by atoms with Gasteiger partial charge in [-0.2, -0.15) is 0 Å². The molecule has 30 heavy (non-hydrogen) atoms. The average Bonchev–Trinajstić information content (AvgIpc) is 3.23. The van der Waals surface area contributed by atoms with Gasteiger partial charge in [-0.05, 0) is 41.8 Å². The zero-order valence-electron chi connectivity index (χ0n) is 15.9. The number of nitrogens with zero attached hydrogens (tertiary/aromatic N) is 2. The summed E-state index contributed by atoms with van der Waals surface area (Å²) in [5, 5.41) is 5.90. The first-order chi connectivity index (χ1) is 14.6. The number of rotatable bonds is 7. The standard InChI is InChI=1S/C22H18ClN3O3S/c23-19-4-2-1-3-15(19)13-29-17-7-5-16(6-8-17)25-20(27)9-11-26-14-24-21-18(22(26)28)10-12-30-21/h1-8,10,12,14H,9,11,13H2,(H,25,27). The highest BCUT2D eigenvalue weighted by Gasteiger charge is 2.08. The number of carbonyl (C=O) groups is 1. The Morgan fingerprint density at radius 3 is 2.73 bits per heavy atom. The number of amides is 1. The van der Waals surface area contributed by atoms with Crippen LogP contribution in [0, 0.1) is 0 Å². The van der Waals surface area contributed by atoms with Gasteiger partial charge >= 0.3 is 0 Å². The van der Waals surface area contributed by atoms with Crippen molar-refractivity contribution in [2.24, 2.45) is 0 Å². The van der Waals surface area contributed by atoms with Gasteiger partial charge in [0.2, 0.25) is 5.91 Å². The monoisotopic (exact) mass is 439 g/mol. The maximum atomic E-state index is 12.4. The van der Waals surface area contributed by atoms with Gasteiger partial charge in [-0.15, -0.1) is 11.3 Å². The first kappa shape index (κ1) is 20.1. The topological polar surface area (TPSA) is 73.2 Å². The number of aromatic nitrogens is 2. The first-order valence-electron chi connectivity index (χ1n) is 9.29. The first-order valence-corrected chi connectivity index (χ1v) is 10.5. The lowest BCUT2D eigenvalue weighted by atomic mass is 10.2. The van der Waals surface area contributed by atoms with Crippen LogP contribution < -0.4 is 15.6 Å². The number of fused-ring (bicyclic) bond motifs is 1. The summed E-state index contributed by atoms with van der Waals surface area (Å²) in [5.74, 6) is 0.492. The van der Waals surface area contributed by atoms with Crippen molar-refractivity contribution in [2.75, 3.05) is 5.32 Å². The summed E-state index contributed by atoms with van der Waals surface area (Å²) in [4.78, 5) is 29.6. The second kappa shape index (κ2) is 9.11. The molecule has 2 heterocycles. The molecule has 2 aromatic carbocycles. The maximum absolute atomic E-state index is 12.4. The van der Waals surface area contributed by atoms with Gasteiger partial charge in [0, 0.05) is 29.2 Å². The van der Waals surface area contributed by atoms with Crippen LogP contribution in [0.25, 0.3) is 10.2 Å². The highest BCUT2D eigenvalue weighted by molar-refractivity contribution is 7.16. The molecule has 0 atom stereocenters. The van der Waals surface area contributed by atoms with Crippen LogP contribution in [-0.2, 0) is 17.9 Å². The molecule has 4 aromatic rings. The van der Waals surface area contributed by atoms with E-state index in [-0.39, 0.29) is 24.4 Å². The van der Waals surface area contributed by atoms with Crippen LogP contribution in [0.3, 0.4) is 0 Å². The molecule has 0 fully saturated rings. The molecule has 0 saturated heterocycles. The molecule has 4 rings (SSSR count). The van der Waals surface area contributed by atoms with Crippen LogP contribution in [0.5, 0.6) is 5.75 Å². The Morgan fingerprint density at radius 2 is 1.93 bits per heavy atom. The molecule has 0 aliphatic rings. The zero-order chi connectivity index (χ0) is 20.9. The number of anilines is 1. The predicted octanol–water partition coefficient (Wildman–Crippen LogP) is 4.72. The van der Waals surface area contributed by atoms with E-state index in [2.05, 4.69) is 10.3 Å². The fourth-order valence-corrected chi connectivity index (χ4v) is 3.82. The fraction of sp³-hybridized carbons (Fsp3) is 0.136. The number of nitrogens with one attached hydrogen (secondary N) is 1. The van der Waals surface area contributed by atoms with Gasteiger partial charge in [0.1, 0.15) is 17.2 Å². The molecule has 0 spiro atoms. The second-order valence-corrected chi connectivity index (χ2v) is 7.89. The Labute approximate surface area is 181 Å². The van der Waals surface area contributed by atoms with Gasteiger partial charge in [-0.3, -0.25) is 14.2 Å². The van der Waals surface area contributed by atoms with E-state index in [1.54, 1.807) is 30.3 Å². The molecule has 1 amide bonds. The van der Waals surface area contributed by atoms with E-state index in [1.165, 1.54) is 22.2 Å². The highest BCUT2D eigenvalue weighted by Crippen LogP contribution is 2.20. The van der Waals surface area contributed by atoms with E-state index in [1.807, 2.05) is 29.6 Å². The molecule has 0 radical (unpaired) electrons. The van der Waals surface area contributed by atoms with Crippen molar-refractivity contribution < 1.29 is 9.53 Å². The fourth-order valence-electron chi connectivity index (χ4n) is 2.91. The van der Waals surface area contributed by atoms with Crippen molar-refractivity contribution in [3.63, 3.8) is 0 Å². The second-order valence-electron chi connectivity index (χ2n) is 6.59. The smallest absolute Gasteiger partial charge is 0.262 e. The van der Waals surface area contributed by atoms with Crippen LogP contribution in [0.2, 0.25) is 5.02 Å². The number of halogens is 1. The number of benzene rings is 2. The maximum Gasteiger partial charge on any atom is 0.262 e. The molecule has 2 aromatic heterocycles. The third-order valence-electron chi connectivity index (χ3n) is 4.52. The molecule has 0 aliphatic heterocycles. The average molecular weight is 440 g/mol. The van der Waals surface area contributed by atoms with Gasteiger partial charge < -0.3 is 10.1 Å². The van der Waals surface area contributed by atoms with Crippen LogP contribution in [0.15, 0.2) is 71.1 Å². The Kier molecular flexibility index (Phi) is 6.11. The molecule has 8 heteroatoms. The largest absolute Gasteiger partial charge is 0.489 e. The van der Waals surface area contributed by atoms with E-state index in [0.29, 0.717) is 33.3 Å². The summed E-state index contributed by atoms with van der Waals surface area (Å²) in [6.07, 6.45) is 1.65. The van der Waals surface area contributed by atoms with Crippen LogP contribution in [-0.4, -0.2) is 15.5 Å². The van der Waals surface area contributed by atoms with Crippen molar-refractivity contribution in [1.82, 2.24) is 9.55 Å². The number of hydrogen-bond donors (Lipinski definition) is 1. The quantitative estimate of drug-likeness (QED) is 0.452. The number of thiophene rings is 1. The Hall–Kier alpha value is -3.16. The lowest BCUT2D eigenvalue weighted by Crippen LogP contribution is -2.23. The summed E-state index contributed by atoms with van der Waals surface area (Å²) in [6, 6.07) is 16.4. The van der Waals surface area contributed by atoms with Gasteiger partial charge in [-0.1, -0.05) is 29.8 Å². The summed E-state index contributed by atoms with van der Waals surface area (Å²) in [5.41, 5.74) is 1.43. The Bertz CT molecular complexity index is 1230. The minimum Gasteiger partial charge on any atom is -0.489 e. The SMILES string of the molecule is O=C(CCn1cnc2sccc2c1=O)Nc1ccc(OCc2ccccc2Cl)cc1. The summed E-state index contributed by atoms with van der Waals surface area (Å²) >= 11 is 7.55. The third-order valence-corrected chi connectivity index (χ3v) is 5.71. The molecule has 0 unspecified atom stereocenters. The van der Waals surface area contributed by atoms with E-state index in [0.717, 1.165) is 5.56 Å². The van der Waals surface area contributed by atoms with Crippen molar-refractivity contribution in [3.8, 4) is 5.75 Å².